The number of thiophene rings is 1. The molecule has 3 heterocycles. The Balaban J connectivity index is 1.23. The summed E-state index contributed by atoms with van der Waals surface area (Å²) in [7, 11) is 0. The maximum absolute atomic E-state index is 12.7. The van der Waals surface area contributed by atoms with Crippen LogP contribution in [0, 0.1) is 5.92 Å². The summed E-state index contributed by atoms with van der Waals surface area (Å²) in [5.74, 6) is 0.753. The van der Waals surface area contributed by atoms with Gasteiger partial charge in [-0.3, -0.25) is 4.79 Å². The Kier molecular flexibility index (Phi) is 4.53. The summed E-state index contributed by atoms with van der Waals surface area (Å²) in [5.41, 5.74) is 4.57. The van der Waals surface area contributed by atoms with Crippen molar-refractivity contribution in [1.29, 1.82) is 0 Å². The van der Waals surface area contributed by atoms with Gasteiger partial charge in [-0.2, -0.15) is 0 Å². The van der Waals surface area contributed by atoms with Gasteiger partial charge in [-0.15, -0.1) is 11.3 Å². The summed E-state index contributed by atoms with van der Waals surface area (Å²) in [6.45, 7) is 2.43. The van der Waals surface area contributed by atoms with Crippen molar-refractivity contribution in [3.8, 4) is 5.75 Å². The zero-order chi connectivity index (χ0) is 18.9. The second-order valence-electron chi connectivity index (χ2n) is 7.40. The minimum Gasteiger partial charge on any atom is -0.492 e. The lowest BCUT2D eigenvalue weighted by atomic mass is 9.96. The average molecular weight is 391 g/mol. The third-order valence-corrected chi connectivity index (χ3v) is 6.58. The molecule has 0 bridgehead atoms. The SMILES string of the molecule is O=C(Nc1ccc(N2CCc3sccc3C2)cc1)C1COc2ccccc2C1. The smallest absolute Gasteiger partial charge is 0.231 e. The van der Waals surface area contributed by atoms with Gasteiger partial charge in [0, 0.05) is 29.3 Å². The molecule has 142 valence electrons. The van der Waals surface area contributed by atoms with Crippen LogP contribution in [0.15, 0.2) is 60.0 Å². The molecule has 0 radical (unpaired) electrons. The summed E-state index contributed by atoms with van der Waals surface area (Å²) in [4.78, 5) is 16.6. The van der Waals surface area contributed by atoms with E-state index in [0.29, 0.717) is 6.61 Å². The molecule has 0 saturated heterocycles. The molecular formula is C23H22N2O2S. The Hall–Kier alpha value is -2.79. The Morgan fingerprint density at radius 3 is 2.82 bits per heavy atom. The molecule has 1 atom stereocenters. The molecule has 1 unspecified atom stereocenters. The third-order valence-electron chi connectivity index (χ3n) is 5.56. The fourth-order valence-corrected chi connectivity index (χ4v) is 4.85. The van der Waals surface area contributed by atoms with Gasteiger partial charge in [0.05, 0.1) is 5.92 Å². The predicted octanol–water partition coefficient (Wildman–Crippen LogP) is 4.50. The van der Waals surface area contributed by atoms with E-state index in [2.05, 4.69) is 33.8 Å². The maximum atomic E-state index is 12.7. The molecule has 28 heavy (non-hydrogen) atoms. The number of benzene rings is 2. The van der Waals surface area contributed by atoms with Crippen LogP contribution in [0.1, 0.15) is 16.0 Å². The van der Waals surface area contributed by atoms with E-state index in [1.165, 1.54) is 16.1 Å². The van der Waals surface area contributed by atoms with Crippen molar-refractivity contribution in [2.24, 2.45) is 5.92 Å². The molecule has 4 nitrogen and oxygen atoms in total. The number of para-hydroxylation sites is 1. The number of nitrogens with one attached hydrogen (secondary N) is 1. The molecule has 1 aromatic heterocycles. The monoisotopic (exact) mass is 390 g/mol. The second-order valence-corrected chi connectivity index (χ2v) is 8.40. The number of rotatable bonds is 3. The zero-order valence-electron chi connectivity index (χ0n) is 15.6. The number of carbonyl (C=O) groups is 1. The molecule has 0 aliphatic carbocycles. The molecule has 5 heteroatoms. The van der Waals surface area contributed by atoms with Crippen LogP contribution in [-0.4, -0.2) is 19.1 Å². The molecule has 1 N–H and O–H groups in total. The van der Waals surface area contributed by atoms with Gasteiger partial charge in [-0.1, -0.05) is 18.2 Å². The molecule has 2 aromatic carbocycles. The quantitative estimate of drug-likeness (QED) is 0.716. The van der Waals surface area contributed by atoms with E-state index in [0.717, 1.165) is 42.9 Å². The molecule has 2 aliphatic heterocycles. The van der Waals surface area contributed by atoms with Crippen LogP contribution in [0.3, 0.4) is 0 Å². The Morgan fingerprint density at radius 2 is 1.93 bits per heavy atom. The number of anilines is 2. The van der Waals surface area contributed by atoms with Crippen molar-refractivity contribution in [3.63, 3.8) is 0 Å². The normalized spacial score (nSPS) is 18.0. The van der Waals surface area contributed by atoms with Crippen molar-refractivity contribution in [2.75, 3.05) is 23.4 Å². The average Bonchev–Trinajstić information content (AvgIpc) is 3.22. The topological polar surface area (TPSA) is 41.6 Å². The van der Waals surface area contributed by atoms with Crippen molar-refractivity contribution in [3.05, 3.63) is 76.0 Å². The molecule has 0 spiro atoms. The van der Waals surface area contributed by atoms with Crippen molar-refractivity contribution >= 4 is 28.6 Å². The van der Waals surface area contributed by atoms with Gasteiger partial charge in [-0.25, -0.2) is 0 Å². The first kappa shape index (κ1) is 17.3. The van der Waals surface area contributed by atoms with E-state index in [4.69, 9.17) is 4.74 Å². The van der Waals surface area contributed by atoms with Gasteiger partial charge in [-0.05, 0) is 65.7 Å². The molecule has 0 fully saturated rings. The highest BCUT2D eigenvalue weighted by molar-refractivity contribution is 7.10. The molecule has 5 rings (SSSR count). The summed E-state index contributed by atoms with van der Waals surface area (Å²) in [6, 6.07) is 18.3. The molecule has 2 aliphatic rings. The van der Waals surface area contributed by atoms with E-state index >= 15 is 0 Å². The highest BCUT2D eigenvalue weighted by Gasteiger charge is 2.26. The van der Waals surface area contributed by atoms with Gasteiger partial charge >= 0.3 is 0 Å². The van der Waals surface area contributed by atoms with E-state index < -0.39 is 0 Å². The predicted molar refractivity (Wildman–Crippen MR) is 113 cm³/mol. The first-order chi connectivity index (χ1) is 13.8. The van der Waals surface area contributed by atoms with Gasteiger partial charge in [0.2, 0.25) is 5.91 Å². The van der Waals surface area contributed by atoms with Crippen LogP contribution in [0.2, 0.25) is 0 Å². The van der Waals surface area contributed by atoms with Crippen LogP contribution < -0.4 is 15.0 Å². The number of hydrogen-bond acceptors (Lipinski definition) is 4. The zero-order valence-corrected chi connectivity index (χ0v) is 16.4. The number of amides is 1. The van der Waals surface area contributed by atoms with E-state index in [-0.39, 0.29) is 11.8 Å². The summed E-state index contributed by atoms with van der Waals surface area (Å²) >= 11 is 1.86. The molecule has 0 saturated carbocycles. The summed E-state index contributed by atoms with van der Waals surface area (Å²) in [6.07, 6.45) is 1.82. The van der Waals surface area contributed by atoms with Crippen LogP contribution in [0.4, 0.5) is 11.4 Å². The van der Waals surface area contributed by atoms with Crippen molar-refractivity contribution in [2.45, 2.75) is 19.4 Å². The van der Waals surface area contributed by atoms with Gasteiger partial charge in [0.15, 0.2) is 0 Å². The number of hydrogen-bond donors (Lipinski definition) is 1. The lowest BCUT2D eigenvalue weighted by Gasteiger charge is -2.29. The second kappa shape index (κ2) is 7.32. The van der Waals surface area contributed by atoms with Gasteiger partial charge in [0.25, 0.3) is 0 Å². The number of fused-ring (bicyclic) bond motifs is 2. The minimum absolute atomic E-state index is 0.0168. The lowest BCUT2D eigenvalue weighted by Crippen LogP contribution is -2.32. The fraction of sp³-hybridized carbons (Fsp3) is 0.261. The van der Waals surface area contributed by atoms with Crippen LogP contribution in [-0.2, 0) is 24.2 Å². The van der Waals surface area contributed by atoms with Crippen LogP contribution >= 0.6 is 11.3 Å². The first-order valence-electron chi connectivity index (χ1n) is 9.68. The summed E-state index contributed by atoms with van der Waals surface area (Å²) in [5, 5.41) is 5.23. The molecule has 3 aromatic rings. The van der Waals surface area contributed by atoms with Crippen LogP contribution in [0.5, 0.6) is 5.75 Å². The van der Waals surface area contributed by atoms with Gasteiger partial charge in [0.1, 0.15) is 12.4 Å². The van der Waals surface area contributed by atoms with Gasteiger partial charge < -0.3 is 15.0 Å². The largest absolute Gasteiger partial charge is 0.492 e. The highest BCUT2D eigenvalue weighted by atomic mass is 32.1. The van der Waals surface area contributed by atoms with Crippen molar-refractivity contribution in [1.82, 2.24) is 0 Å². The first-order valence-corrected chi connectivity index (χ1v) is 10.6. The number of ether oxygens (including phenoxy) is 1. The highest BCUT2D eigenvalue weighted by Crippen LogP contribution is 2.30. The Bertz CT molecular complexity index is 996. The third kappa shape index (κ3) is 3.38. The van der Waals surface area contributed by atoms with Crippen molar-refractivity contribution < 1.29 is 9.53 Å². The number of nitrogens with zero attached hydrogens (tertiary/aromatic N) is 1. The standard InChI is InChI=1S/C23H22N2O2S/c26-23(18-13-16-3-1-2-4-21(16)27-15-18)24-19-5-7-20(8-6-19)25-11-9-22-17(14-25)10-12-28-22/h1-8,10,12,18H,9,11,13-15H2,(H,24,26). The Labute approximate surface area is 168 Å². The molecular weight excluding hydrogens is 368 g/mol. The van der Waals surface area contributed by atoms with E-state index in [1.807, 2.05) is 47.7 Å². The number of carbonyl (C=O) groups excluding carboxylic acids is 1. The fourth-order valence-electron chi connectivity index (χ4n) is 3.97. The lowest BCUT2D eigenvalue weighted by molar-refractivity contribution is -0.121. The summed E-state index contributed by atoms with van der Waals surface area (Å²) < 4.78 is 5.75. The maximum Gasteiger partial charge on any atom is 0.231 e. The molecule has 1 amide bonds. The Morgan fingerprint density at radius 1 is 1.07 bits per heavy atom. The van der Waals surface area contributed by atoms with E-state index in [9.17, 15) is 4.79 Å². The van der Waals surface area contributed by atoms with Crippen LogP contribution in [0.25, 0.3) is 0 Å². The minimum atomic E-state index is -0.159. The van der Waals surface area contributed by atoms with E-state index in [1.54, 1.807) is 0 Å².